The van der Waals surface area contributed by atoms with Crippen molar-refractivity contribution in [2.45, 2.75) is 38.9 Å². The van der Waals surface area contributed by atoms with Crippen LogP contribution in [0.1, 0.15) is 27.7 Å². The number of benzene rings is 12. The second-order valence-electron chi connectivity index (χ2n) is 26.7. The van der Waals surface area contributed by atoms with Gasteiger partial charge in [0.15, 0.2) is 34.9 Å². The maximum atomic E-state index is 6.41. The third-order valence-corrected chi connectivity index (χ3v) is 19.2. The Morgan fingerprint density at radius 1 is 0.208 bits per heavy atom. The van der Waals surface area contributed by atoms with Gasteiger partial charge in [0.1, 0.15) is 0 Å². The molecule has 1 aliphatic heterocycles. The van der Waals surface area contributed by atoms with E-state index in [0.717, 1.165) is 129 Å². The summed E-state index contributed by atoms with van der Waals surface area (Å²) in [5.41, 5.74) is 19.1. The normalized spacial score (nSPS) is 12.8. The van der Waals surface area contributed by atoms with Crippen LogP contribution in [0, 0.1) is 0 Å². The Labute approximate surface area is 621 Å². The maximum absolute atomic E-state index is 6.41. The predicted molar refractivity (Wildman–Crippen MR) is 428 cm³/mol. The number of nitrogens with zero attached hydrogens (tertiary/aromatic N) is 10. The quantitative estimate of drug-likeness (QED) is 0.0900. The minimum Gasteiger partial charge on any atom is -0.399 e. The van der Waals surface area contributed by atoms with E-state index >= 15 is 0 Å². The summed E-state index contributed by atoms with van der Waals surface area (Å²) in [7, 11) is -0.518. The number of aromatic nitrogens is 10. The first-order valence-corrected chi connectivity index (χ1v) is 35.5. The first-order valence-electron chi connectivity index (χ1n) is 35.2. The highest BCUT2D eigenvalue weighted by Gasteiger charge is 2.51. The van der Waals surface area contributed by atoms with Gasteiger partial charge in [-0.05, 0) is 57.4 Å². The van der Waals surface area contributed by atoms with Crippen LogP contribution < -0.4 is 5.46 Å². The molecule has 1 saturated heterocycles. The lowest BCUT2D eigenvalue weighted by Crippen LogP contribution is -2.41. The molecule has 0 unspecified atom stereocenters. The SMILES string of the molecule is CC1(C)OB(c2cccc(-c3nc(-c4ccccc4)nc(-c4cccc(-c5nc(-c6ccccc6)c(-c6ccccc6)nc5-c5ccccc5)c4)n3)c2)OC1(C)C.Clc1cccc(-c2nc(-c3ccccc3)nc(-c3cccc(-c4nc(-c5ccccc5)c(-c5ccccc5)nc4-c4ccccc4)c3)n2)c1. The van der Waals surface area contributed by atoms with Gasteiger partial charge in [-0.15, -0.1) is 0 Å². The minimum atomic E-state index is -0.518. The molecule has 508 valence electrons. The van der Waals surface area contributed by atoms with E-state index in [0.29, 0.717) is 40.0 Å². The van der Waals surface area contributed by atoms with Crippen molar-refractivity contribution in [3.05, 3.63) is 345 Å². The average Bonchev–Trinajstić information content (AvgIpc) is 1.12. The first-order chi connectivity index (χ1) is 51.9. The second-order valence-corrected chi connectivity index (χ2v) is 27.1. The fraction of sp³-hybridized carbons (Fsp3) is 0.0652. The van der Waals surface area contributed by atoms with E-state index in [1.54, 1.807) is 0 Å². The van der Waals surface area contributed by atoms with Crippen LogP contribution in [-0.2, 0) is 9.31 Å². The van der Waals surface area contributed by atoms with Crippen molar-refractivity contribution in [2.24, 2.45) is 0 Å². The van der Waals surface area contributed by atoms with Gasteiger partial charge < -0.3 is 9.31 Å². The Bertz CT molecular complexity index is 5780. The molecule has 1 fully saturated rings. The molecular formula is C92H68BClN10O2. The molecule has 0 amide bonds. The molecule has 5 heterocycles. The molecule has 16 aromatic rings. The highest BCUT2D eigenvalue weighted by Crippen LogP contribution is 2.42. The molecule has 0 bridgehead atoms. The fourth-order valence-electron chi connectivity index (χ4n) is 12.8. The standard InChI is InChI=1S/C49H40BN5O2.C43H28ClN5/c1-48(2)49(3,4)57-50(56-48)40-30-18-29-39(32-40)47-54-45(36-25-15-8-16-26-36)53-46(55-47)38-28-17-27-37(31-38)44-43(35-23-13-7-14-24-35)51-41(33-19-9-5-10-20-33)42(52-44)34-21-11-6-12-22-34;44-36-26-14-25-35(28-36)43-48-41(32-21-11-4-12-22-32)47-42(49-43)34-24-13-23-33(27-34)40-39(31-19-9-3-10-20-31)45-37(29-15-5-1-6-16-29)38(46-40)30-17-7-2-8-18-30/h5-32H,1-4H3;1-28H. The van der Waals surface area contributed by atoms with Gasteiger partial charge in [-0.2, -0.15) is 0 Å². The van der Waals surface area contributed by atoms with Crippen molar-refractivity contribution in [1.82, 2.24) is 49.8 Å². The summed E-state index contributed by atoms with van der Waals surface area (Å²) in [6.45, 7) is 8.24. The summed E-state index contributed by atoms with van der Waals surface area (Å²) < 4.78 is 12.8. The largest absolute Gasteiger partial charge is 0.494 e. The number of hydrogen-bond acceptors (Lipinski definition) is 12. The number of halogens is 1. The summed E-state index contributed by atoms with van der Waals surface area (Å²) in [6.07, 6.45) is 0. The summed E-state index contributed by atoms with van der Waals surface area (Å²) in [6, 6.07) is 113. The van der Waals surface area contributed by atoms with Crippen LogP contribution in [0.25, 0.3) is 158 Å². The van der Waals surface area contributed by atoms with E-state index in [9.17, 15) is 0 Å². The predicted octanol–water partition coefficient (Wildman–Crippen LogP) is 21.6. The molecule has 0 N–H and O–H groups in total. The second kappa shape index (κ2) is 29.8. The highest BCUT2D eigenvalue weighted by molar-refractivity contribution is 6.62. The van der Waals surface area contributed by atoms with Gasteiger partial charge in [0, 0.05) is 82.9 Å². The Kier molecular flexibility index (Phi) is 19.0. The summed E-state index contributed by atoms with van der Waals surface area (Å²) in [4.78, 5) is 51.6. The van der Waals surface area contributed by atoms with Crippen molar-refractivity contribution < 1.29 is 9.31 Å². The molecule has 1 aliphatic rings. The number of hydrogen-bond donors (Lipinski definition) is 0. The lowest BCUT2D eigenvalue weighted by Gasteiger charge is -2.32. The summed E-state index contributed by atoms with van der Waals surface area (Å²) in [5.74, 6) is 3.33. The van der Waals surface area contributed by atoms with Gasteiger partial charge in [0.2, 0.25) is 0 Å². The topological polar surface area (TPSA) is 147 Å². The Morgan fingerprint density at radius 2 is 0.415 bits per heavy atom. The zero-order chi connectivity index (χ0) is 72.0. The lowest BCUT2D eigenvalue weighted by molar-refractivity contribution is 0.00578. The Balaban J connectivity index is 0.000000164. The smallest absolute Gasteiger partial charge is 0.399 e. The monoisotopic (exact) mass is 1390 g/mol. The number of rotatable bonds is 15. The molecule has 0 aliphatic carbocycles. The van der Waals surface area contributed by atoms with Gasteiger partial charge in [0.25, 0.3) is 0 Å². The molecule has 12 aromatic carbocycles. The van der Waals surface area contributed by atoms with Gasteiger partial charge in [0.05, 0.1) is 56.8 Å². The van der Waals surface area contributed by atoms with Crippen LogP contribution in [-0.4, -0.2) is 68.2 Å². The molecule has 0 saturated carbocycles. The third-order valence-electron chi connectivity index (χ3n) is 19.0. The molecule has 12 nitrogen and oxygen atoms in total. The van der Waals surface area contributed by atoms with Crippen molar-refractivity contribution in [2.75, 3.05) is 0 Å². The van der Waals surface area contributed by atoms with Crippen molar-refractivity contribution >= 4 is 24.2 Å². The summed E-state index contributed by atoms with van der Waals surface area (Å²) >= 11 is 6.39. The third kappa shape index (κ3) is 14.5. The molecular weight excluding hydrogens is 1320 g/mol. The molecule has 0 spiro atoms. The molecule has 14 heteroatoms. The molecule has 106 heavy (non-hydrogen) atoms. The van der Waals surface area contributed by atoms with E-state index < -0.39 is 18.3 Å². The molecule has 0 atom stereocenters. The van der Waals surface area contributed by atoms with Gasteiger partial charge in [-0.1, -0.05) is 327 Å². The Morgan fingerprint density at radius 3 is 0.698 bits per heavy atom. The van der Waals surface area contributed by atoms with E-state index in [4.69, 9.17) is 70.7 Å². The lowest BCUT2D eigenvalue weighted by atomic mass is 9.78. The zero-order valence-corrected chi connectivity index (χ0v) is 59.3. The van der Waals surface area contributed by atoms with Crippen LogP contribution in [0.2, 0.25) is 5.02 Å². The van der Waals surface area contributed by atoms with Crippen LogP contribution in [0.4, 0.5) is 0 Å². The molecule has 0 radical (unpaired) electrons. The van der Waals surface area contributed by atoms with E-state index in [2.05, 4.69) is 125 Å². The van der Waals surface area contributed by atoms with Crippen molar-refractivity contribution in [3.63, 3.8) is 0 Å². The zero-order valence-electron chi connectivity index (χ0n) is 58.6. The van der Waals surface area contributed by atoms with Crippen LogP contribution in [0.5, 0.6) is 0 Å². The Hall–Kier alpha value is -12.9. The van der Waals surface area contributed by atoms with E-state index in [-0.39, 0.29) is 0 Å². The maximum Gasteiger partial charge on any atom is 0.494 e. The van der Waals surface area contributed by atoms with Crippen LogP contribution in [0.3, 0.4) is 0 Å². The van der Waals surface area contributed by atoms with Crippen LogP contribution in [0.15, 0.2) is 340 Å². The first kappa shape index (κ1) is 67.6. The van der Waals surface area contributed by atoms with Crippen LogP contribution >= 0.6 is 11.6 Å². The highest BCUT2D eigenvalue weighted by atomic mass is 35.5. The van der Waals surface area contributed by atoms with Crippen molar-refractivity contribution in [3.8, 4) is 158 Å². The minimum absolute atomic E-state index is 0.464. The van der Waals surface area contributed by atoms with Gasteiger partial charge in [-0.25, -0.2) is 49.8 Å². The van der Waals surface area contributed by atoms with Gasteiger partial charge >= 0.3 is 7.12 Å². The summed E-state index contributed by atoms with van der Waals surface area (Å²) in [5, 5.41) is 0.614. The van der Waals surface area contributed by atoms with Crippen molar-refractivity contribution in [1.29, 1.82) is 0 Å². The molecule has 17 rings (SSSR count). The average molecular weight is 1390 g/mol. The van der Waals surface area contributed by atoms with E-state index in [1.807, 2.05) is 243 Å². The fourth-order valence-corrected chi connectivity index (χ4v) is 13.0. The van der Waals surface area contributed by atoms with E-state index in [1.165, 1.54) is 0 Å². The van der Waals surface area contributed by atoms with Gasteiger partial charge in [-0.3, -0.25) is 0 Å². The molecule has 4 aromatic heterocycles.